The summed E-state index contributed by atoms with van der Waals surface area (Å²) in [6.45, 7) is 4.19. The number of carbonyl (C=O) groups excluding carboxylic acids is 1. The molecule has 1 aliphatic heterocycles. The minimum Gasteiger partial charge on any atom is -0.338 e. The highest BCUT2D eigenvalue weighted by Gasteiger charge is 2.27. The van der Waals surface area contributed by atoms with Crippen molar-refractivity contribution in [1.82, 2.24) is 15.0 Å². The largest absolute Gasteiger partial charge is 0.338 e. The van der Waals surface area contributed by atoms with E-state index >= 15 is 0 Å². The monoisotopic (exact) mass is 454 g/mol. The highest BCUT2D eigenvalue weighted by Crippen LogP contribution is 2.23. The van der Waals surface area contributed by atoms with Crippen molar-refractivity contribution in [2.24, 2.45) is 5.92 Å². The number of nitrogens with one attached hydrogen (secondary N) is 1. The number of piperidine rings is 1. The summed E-state index contributed by atoms with van der Waals surface area (Å²) < 4.78 is 6.42. The third kappa shape index (κ3) is 4.92. The lowest BCUT2D eigenvalue weighted by Crippen LogP contribution is -2.40. The van der Waals surface area contributed by atoms with E-state index in [0.29, 0.717) is 24.8 Å². The van der Waals surface area contributed by atoms with Crippen LogP contribution in [0.5, 0.6) is 0 Å². The predicted octanol–water partition coefficient (Wildman–Crippen LogP) is 4.66. The van der Waals surface area contributed by atoms with Gasteiger partial charge in [0.05, 0.1) is 12.5 Å². The van der Waals surface area contributed by atoms with Crippen molar-refractivity contribution in [2.75, 3.05) is 18.4 Å². The summed E-state index contributed by atoms with van der Waals surface area (Å²) in [5.41, 5.74) is 2.90. The molecule has 1 aromatic heterocycles. The topological polar surface area (TPSA) is 71.3 Å². The zero-order valence-corrected chi connectivity index (χ0v) is 17.9. The van der Waals surface area contributed by atoms with E-state index in [1.165, 1.54) is 0 Å². The van der Waals surface area contributed by atoms with Gasteiger partial charge in [-0.3, -0.25) is 9.69 Å². The standard InChI is InChI=1S/C22H23BrN4O2/c1-15-6-2-3-10-19(15)21-25-20(29-26-21)14-27-11-5-7-16(13-27)22(28)24-18-9-4-8-17(23)12-18/h2-4,6,8-10,12,16H,5,7,11,13-14H2,1H3,(H,24,28). The number of nitrogens with zero attached hydrogens (tertiary/aromatic N) is 3. The average Bonchev–Trinajstić information content (AvgIpc) is 3.17. The molecule has 6 nitrogen and oxygen atoms in total. The fourth-order valence-corrected chi connectivity index (χ4v) is 4.07. The molecule has 3 aromatic rings. The predicted molar refractivity (Wildman–Crippen MR) is 115 cm³/mol. The first-order chi connectivity index (χ1) is 14.1. The van der Waals surface area contributed by atoms with Crippen LogP contribution < -0.4 is 5.32 Å². The number of carbonyl (C=O) groups is 1. The summed E-state index contributed by atoms with van der Waals surface area (Å²) in [6.07, 6.45) is 1.85. The first-order valence-corrected chi connectivity index (χ1v) is 10.5. The molecule has 2 aromatic carbocycles. The van der Waals surface area contributed by atoms with E-state index in [0.717, 1.165) is 40.7 Å². The molecule has 29 heavy (non-hydrogen) atoms. The number of hydrogen-bond donors (Lipinski definition) is 1. The zero-order chi connectivity index (χ0) is 20.2. The van der Waals surface area contributed by atoms with Crippen molar-refractivity contribution in [2.45, 2.75) is 26.3 Å². The normalized spacial score (nSPS) is 17.2. The lowest BCUT2D eigenvalue weighted by atomic mass is 9.97. The van der Waals surface area contributed by atoms with Crippen molar-refractivity contribution in [3.8, 4) is 11.4 Å². The molecule has 1 fully saturated rings. The van der Waals surface area contributed by atoms with Gasteiger partial charge in [0.1, 0.15) is 0 Å². The average molecular weight is 455 g/mol. The first kappa shape index (κ1) is 19.8. The summed E-state index contributed by atoms with van der Waals surface area (Å²) >= 11 is 3.44. The third-order valence-corrected chi connectivity index (χ3v) is 5.67. The van der Waals surface area contributed by atoms with Crippen LogP contribution in [0.1, 0.15) is 24.3 Å². The SMILES string of the molecule is Cc1ccccc1-c1noc(CN2CCCC(C(=O)Nc3cccc(Br)c3)C2)n1. The Hall–Kier alpha value is -2.51. The molecular weight excluding hydrogens is 432 g/mol. The van der Waals surface area contributed by atoms with Gasteiger partial charge in [-0.25, -0.2) is 0 Å². The minimum absolute atomic E-state index is 0.0542. The number of aromatic nitrogens is 2. The Morgan fingerprint density at radius 1 is 1.28 bits per heavy atom. The highest BCUT2D eigenvalue weighted by molar-refractivity contribution is 9.10. The molecule has 150 valence electrons. The fraction of sp³-hybridized carbons (Fsp3) is 0.318. The van der Waals surface area contributed by atoms with Gasteiger partial charge in [0.15, 0.2) is 0 Å². The molecule has 1 atom stereocenters. The molecule has 4 rings (SSSR count). The van der Waals surface area contributed by atoms with Crippen LogP contribution in [0, 0.1) is 12.8 Å². The number of likely N-dealkylation sites (tertiary alicyclic amines) is 1. The van der Waals surface area contributed by atoms with Crippen molar-refractivity contribution >= 4 is 27.5 Å². The molecule has 1 amide bonds. The van der Waals surface area contributed by atoms with Gasteiger partial charge in [0.25, 0.3) is 0 Å². The summed E-state index contributed by atoms with van der Waals surface area (Å²) in [4.78, 5) is 19.5. The van der Waals surface area contributed by atoms with Crippen LogP contribution in [0.25, 0.3) is 11.4 Å². The van der Waals surface area contributed by atoms with E-state index in [-0.39, 0.29) is 11.8 Å². The molecule has 1 saturated heterocycles. The van der Waals surface area contributed by atoms with Gasteiger partial charge in [0.2, 0.25) is 17.6 Å². The van der Waals surface area contributed by atoms with Gasteiger partial charge in [-0.1, -0.05) is 51.4 Å². The molecule has 0 aliphatic carbocycles. The van der Waals surface area contributed by atoms with Crippen molar-refractivity contribution < 1.29 is 9.32 Å². The van der Waals surface area contributed by atoms with E-state index < -0.39 is 0 Å². The van der Waals surface area contributed by atoms with Gasteiger partial charge in [0, 0.05) is 22.3 Å². The van der Waals surface area contributed by atoms with Crippen LogP contribution in [0.3, 0.4) is 0 Å². The number of aryl methyl sites for hydroxylation is 1. The Morgan fingerprint density at radius 2 is 2.14 bits per heavy atom. The number of anilines is 1. The molecule has 0 spiro atoms. The Bertz CT molecular complexity index is 1000. The lowest BCUT2D eigenvalue weighted by Gasteiger charge is -2.30. The van der Waals surface area contributed by atoms with E-state index in [4.69, 9.17) is 4.52 Å². The number of hydrogen-bond acceptors (Lipinski definition) is 5. The molecule has 7 heteroatoms. The van der Waals surface area contributed by atoms with Gasteiger partial charge in [-0.05, 0) is 50.1 Å². The number of amides is 1. The summed E-state index contributed by atoms with van der Waals surface area (Å²) in [5, 5.41) is 7.16. The summed E-state index contributed by atoms with van der Waals surface area (Å²) in [5.74, 6) is 1.19. The second-order valence-electron chi connectivity index (χ2n) is 7.40. The van der Waals surface area contributed by atoms with E-state index in [1.54, 1.807) is 0 Å². The maximum atomic E-state index is 12.7. The fourth-order valence-electron chi connectivity index (χ4n) is 3.67. The molecule has 1 aliphatic rings. The van der Waals surface area contributed by atoms with Gasteiger partial charge in [-0.15, -0.1) is 0 Å². The summed E-state index contributed by atoms with van der Waals surface area (Å²) in [7, 11) is 0. The Kier molecular flexibility index (Phi) is 6.06. The Labute approximate surface area is 178 Å². The maximum absolute atomic E-state index is 12.7. The first-order valence-electron chi connectivity index (χ1n) is 9.76. The molecule has 2 heterocycles. The lowest BCUT2D eigenvalue weighted by molar-refractivity contribution is -0.121. The van der Waals surface area contributed by atoms with Gasteiger partial charge < -0.3 is 9.84 Å². The zero-order valence-electron chi connectivity index (χ0n) is 16.3. The Morgan fingerprint density at radius 3 is 2.97 bits per heavy atom. The molecule has 0 bridgehead atoms. The third-order valence-electron chi connectivity index (χ3n) is 5.18. The van der Waals surface area contributed by atoms with Crippen molar-refractivity contribution in [3.63, 3.8) is 0 Å². The minimum atomic E-state index is -0.0542. The molecule has 1 unspecified atom stereocenters. The number of rotatable bonds is 5. The molecule has 0 saturated carbocycles. The van der Waals surface area contributed by atoms with Crippen LogP contribution >= 0.6 is 15.9 Å². The van der Waals surface area contributed by atoms with E-state index in [9.17, 15) is 4.79 Å². The second kappa shape index (κ2) is 8.88. The quantitative estimate of drug-likeness (QED) is 0.606. The highest BCUT2D eigenvalue weighted by atomic mass is 79.9. The van der Waals surface area contributed by atoms with Crippen LogP contribution in [0.4, 0.5) is 5.69 Å². The van der Waals surface area contributed by atoms with Crippen molar-refractivity contribution in [3.05, 3.63) is 64.5 Å². The van der Waals surface area contributed by atoms with Crippen LogP contribution in [0.15, 0.2) is 57.5 Å². The van der Waals surface area contributed by atoms with E-state index in [2.05, 4.69) is 36.3 Å². The number of benzene rings is 2. The molecular formula is C22H23BrN4O2. The molecule has 1 N–H and O–H groups in total. The smallest absolute Gasteiger partial charge is 0.241 e. The van der Waals surface area contributed by atoms with Crippen LogP contribution in [0.2, 0.25) is 0 Å². The summed E-state index contributed by atoms with van der Waals surface area (Å²) in [6, 6.07) is 15.6. The van der Waals surface area contributed by atoms with E-state index in [1.807, 2.05) is 55.5 Å². The van der Waals surface area contributed by atoms with Gasteiger partial charge in [-0.2, -0.15) is 4.98 Å². The van der Waals surface area contributed by atoms with Crippen LogP contribution in [-0.2, 0) is 11.3 Å². The maximum Gasteiger partial charge on any atom is 0.241 e. The van der Waals surface area contributed by atoms with Crippen molar-refractivity contribution in [1.29, 1.82) is 0 Å². The van der Waals surface area contributed by atoms with Crippen LogP contribution in [-0.4, -0.2) is 34.0 Å². The van der Waals surface area contributed by atoms with Gasteiger partial charge >= 0.3 is 0 Å². The number of halogens is 1. The second-order valence-corrected chi connectivity index (χ2v) is 8.32. The molecule has 0 radical (unpaired) electrons. The Balaban J connectivity index is 1.38.